The standard InChI is InChI=1S/C20H20O6/c1-13-8-4-6-10-15(13)18(21)25-12-17(20(23)24-3)26-19(22)16-11-7-5-9-14(16)2/h4-11,17H,12H2,1-3H3/t17-/m0/s1. The molecule has 0 radical (unpaired) electrons. The summed E-state index contributed by atoms with van der Waals surface area (Å²) in [6.07, 6.45) is -1.35. The van der Waals surface area contributed by atoms with Crippen LogP contribution in [0.15, 0.2) is 48.5 Å². The van der Waals surface area contributed by atoms with Crippen LogP contribution in [0.2, 0.25) is 0 Å². The number of carbonyl (C=O) groups excluding carboxylic acids is 3. The fourth-order valence-electron chi connectivity index (χ4n) is 2.31. The molecule has 0 unspecified atom stereocenters. The third-order valence-corrected chi connectivity index (χ3v) is 3.81. The smallest absolute Gasteiger partial charge is 0.350 e. The number of benzene rings is 2. The monoisotopic (exact) mass is 356 g/mol. The van der Waals surface area contributed by atoms with Crippen molar-refractivity contribution in [2.24, 2.45) is 0 Å². The van der Waals surface area contributed by atoms with Gasteiger partial charge in [0.25, 0.3) is 0 Å². The van der Waals surface area contributed by atoms with Crippen molar-refractivity contribution in [3.63, 3.8) is 0 Å². The molecule has 0 fully saturated rings. The molecule has 0 aliphatic carbocycles. The van der Waals surface area contributed by atoms with Crippen molar-refractivity contribution < 1.29 is 28.6 Å². The third-order valence-electron chi connectivity index (χ3n) is 3.81. The molecule has 0 spiro atoms. The van der Waals surface area contributed by atoms with Gasteiger partial charge in [0, 0.05) is 0 Å². The Hall–Kier alpha value is -3.15. The first-order valence-corrected chi connectivity index (χ1v) is 8.01. The van der Waals surface area contributed by atoms with Crippen LogP contribution in [0.5, 0.6) is 0 Å². The fraction of sp³-hybridized carbons (Fsp3) is 0.250. The van der Waals surface area contributed by atoms with Gasteiger partial charge in [0.15, 0.2) is 0 Å². The van der Waals surface area contributed by atoms with Crippen molar-refractivity contribution in [1.82, 2.24) is 0 Å². The molecule has 26 heavy (non-hydrogen) atoms. The lowest BCUT2D eigenvalue weighted by atomic mass is 10.1. The molecule has 0 N–H and O–H groups in total. The Morgan fingerprint density at radius 2 is 1.35 bits per heavy atom. The van der Waals surface area contributed by atoms with E-state index in [4.69, 9.17) is 9.47 Å². The molecule has 2 aromatic carbocycles. The van der Waals surface area contributed by atoms with E-state index in [1.54, 1.807) is 62.4 Å². The van der Waals surface area contributed by atoms with Crippen LogP contribution in [-0.2, 0) is 19.0 Å². The minimum Gasteiger partial charge on any atom is -0.466 e. The molecule has 6 nitrogen and oxygen atoms in total. The summed E-state index contributed by atoms with van der Waals surface area (Å²) in [6.45, 7) is 3.09. The Labute approximate surface area is 151 Å². The first kappa shape index (κ1) is 19.2. The highest BCUT2D eigenvalue weighted by Crippen LogP contribution is 2.13. The molecule has 0 aliphatic heterocycles. The van der Waals surface area contributed by atoms with Crippen molar-refractivity contribution >= 4 is 17.9 Å². The van der Waals surface area contributed by atoms with Gasteiger partial charge in [-0.1, -0.05) is 36.4 Å². The van der Waals surface area contributed by atoms with E-state index >= 15 is 0 Å². The van der Waals surface area contributed by atoms with Crippen molar-refractivity contribution in [2.75, 3.05) is 13.7 Å². The zero-order chi connectivity index (χ0) is 19.1. The first-order valence-electron chi connectivity index (χ1n) is 8.01. The molecule has 2 rings (SSSR count). The molecule has 0 heterocycles. The molecule has 0 bridgehead atoms. The maximum Gasteiger partial charge on any atom is 0.350 e. The topological polar surface area (TPSA) is 78.9 Å². The van der Waals surface area contributed by atoms with E-state index in [0.717, 1.165) is 5.56 Å². The zero-order valence-electron chi connectivity index (χ0n) is 14.9. The van der Waals surface area contributed by atoms with E-state index in [0.29, 0.717) is 16.7 Å². The molecular weight excluding hydrogens is 336 g/mol. The van der Waals surface area contributed by atoms with Crippen LogP contribution in [0.1, 0.15) is 31.8 Å². The number of esters is 3. The van der Waals surface area contributed by atoms with Crippen LogP contribution in [0.4, 0.5) is 0 Å². The van der Waals surface area contributed by atoms with Crippen molar-refractivity contribution in [3.8, 4) is 0 Å². The Morgan fingerprint density at radius 3 is 1.85 bits per heavy atom. The predicted molar refractivity (Wildman–Crippen MR) is 93.9 cm³/mol. The molecule has 1 atom stereocenters. The number of methoxy groups -OCH3 is 1. The van der Waals surface area contributed by atoms with E-state index in [9.17, 15) is 14.4 Å². The number of aryl methyl sites for hydroxylation is 2. The van der Waals surface area contributed by atoms with E-state index in [1.165, 1.54) is 7.11 Å². The molecule has 2 aromatic rings. The van der Waals surface area contributed by atoms with Gasteiger partial charge in [-0.2, -0.15) is 0 Å². The van der Waals surface area contributed by atoms with Crippen LogP contribution in [0.25, 0.3) is 0 Å². The SMILES string of the molecule is COC(=O)[C@H](COC(=O)c1ccccc1C)OC(=O)c1ccccc1C. The van der Waals surface area contributed by atoms with Gasteiger partial charge in [-0.25, -0.2) is 14.4 Å². The van der Waals surface area contributed by atoms with E-state index in [2.05, 4.69) is 4.74 Å². The van der Waals surface area contributed by atoms with E-state index < -0.39 is 30.6 Å². The lowest BCUT2D eigenvalue weighted by molar-refractivity contribution is -0.153. The third kappa shape index (κ3) is 4.69. The van der Waals surface area contributed by atoms with Crippen LogP contribution in [0, 0.1) is 13.8 Å². The van der Waals surface area contributed by atoms with Gasteiger partial charge in [-0.15, -0.1) is 0 Å². The maximum atomic E-state index is 12.3. The predicted octanol–water partition coefficient (Wildman–Crippen LogP) is 2.86. The van der Waals surface area contributed by atoms with Crippen molar-refractivity contribution in [2.45, 2.75) is 20.0 Å². The van der Waals surface area contributed by atoms with Gasteiger partial charge in [0.1, 0.15) is 6.61 Å². The maximum absolute atomic E-state index is 12.3. The molecule has 0 aromatic heterocycles. The number of rotatable bonds is 6. The number of hydrogen-bond donors (Lipinski definition) is 0. The Kier molecular flexibility index (Phi) is 6.49. The summed E-state index contributed by atoms with van der Waals surface area (Å²) in [5.74, 6) is -2.10. The number of carbonyl (C=O) groups is 3. The summed E-state index contributed by atoms with van der Waals surface area (Å²) in [5.41, 5.74) is 2.15. The fourth-order valence-corrected chi connectivity index (χ4v) is 2.31. The quantitative estimate of drug-likeness (QED) is 0.585. The average molecular weight is 356 g/mol. The van der Waals surface area contributed by atoms with Crippen molar-refractivity contribution in [1.29, 1.82) is 0 Å². The summed E-state index contributed by atoms with van der Waals surface area (Å²) >= 11 is 0. The van der Waals surface area contributed by atoms with Gasteiger partial charge in [0.05, 0.1) is 18.2 Å². The molecule has 6 heteroatoms. The largest absolute Gasteiger partial charge is 0.466 e. The average Bonchev–Trinajstić information content (AvgIpc) is 2.64. The highest BCUT2D eigenvalue weighted by atomic mass is 16.6. The van der Waals surface area contributed by atoms with Gasteiger partial charge in [-0.05, 0) is 37.1 Å². The lowest BCUT2D eigenvalue weighted by Crippen LogP contribution is -2.34. The van der Waals surface area contributed by atoms with Gasteiger partial charge >= 0.3 is 17.9 Å². The second kappa shape index (κ2) is 8.80. The lowest BCUT2D eigenvalue weighted by Gasteiger charge is -2.17. The zero-order valence-corrected chi connectivity index (χ0v) is 14.9. The number of hydrogen-bond acceptors (Lipinski definition) is 6. The molecule has 0 amide bonds. The molecular formula is C20H20O6. The Bertz CT molecular complexity index is 811. The molecule has 0 saturated heterocycles. The van der Waals surface area contributed by atoms with E-state index in [-0.39, 0.29) is 0 Å². The summed E-state index contributed by atoms with van der Waals surface area (Å²) in [6, 6.07) is 13.7. The first-order chi connectivity index (χ1) is 12.4. The minimum absolute atomic E-state index is 0.326. The summed E-state index contributed by atoms with van der Waals surface area (Å²) in [5, 5.41) is 0. The van der Waals surface area contributed by atoms with Crippen LogP contribution in [-0.4, -0.2) is 37.7 Å². The highest BCUT2D eigenvalue weighted by molar-refractivity contribution is 5.93. The summed E-state index contributed by atoms with van der Waals surface area (Å²) < 4.78 is 15.0. The second-order valence-corrected chi connectivity index (χ2v) is 5.65. The minimum atomic E-state index is -1.35. The van der Waals surface area contributed by atoms with Gasteiger partial charge in [0.2, 0.25) is 6.10 Å². The molecule has 136 valence electrons. The van der Waals surface area contributed by atoms with Gasteiger partial charge in [-0.3, -0.25) is 0 Å². The number of ether oxygens (including phenoxy) is 3. The second-order valence-electron chi connectivity index (χ2n) is 5.65. The molecule has 0 aliphatic rings. The normalized spacial score (nSPS) is 11.3. The van der Waals surface area contributed by atoms with Crippen LogP contribution < -0.4 is 0 Å². The Balaban J connectivity index is 2.07. The highest BCUT2D eigenvalue weighted by Gasteiger charge is 2.27. The van der Waals surface area contributed by atoms with E-state index in [1.807, 2.05) is 0 Å². The summed E-state index contributed by atoms with van der Waals surface area (Å²) in [7, 11) is 1.17. The van der Waals surface area contributed by atoms with Crippen LogP contribution in [0.3, 0.4) is 0 Å². The Morgan fingerprint density at radius 1 is 0.846 bits per heavy atom. The summed E-state index contributed by atoms with van der Waals surface area (Å²) in [4.78, 5) is 36.4. The van der Waals surface area contributed by atoms with Crippen LogP contribution >= 0.6 is 0 Å². The molecule has 0 saturated carbocycles. The van der Waals surface area contributed by atoms with Crippen molar-refractivity contribution in [3.05, 3.63) is 70.8 Å². The van der Waals surface area contributed by atoms with Gasteiger partial charge < -0.3 is 14.2 Å².